The van der Waals surface area contributed by atoms with Gasteiger partial charge in [-0.05, 0) is 61.5 Å². The van der Waals surface area contributed by atoms with Crippen LogP contribution in [0, 0.1) is 5.41 Å². The number of fused-ring (bicyclic) bond motifs is 1. The monoisotopic (exact) mass is 262 g/mol. The van der Waals surface area contributed by atoms with Gasteiger partial charge in [-0.25, -0.2) is 0 Å². The molecule has 0 aromatic heterocycles. The molecule has 19 heavy (non-hydrogen) atoms. The zero-order valence-electron chi connectivity index (χ0n) is 13.7. The first-order valence-electron chi connectivity index (χ1n) is 8.72. The van der Waals surface area contributed by atoms with E-state index in [0.29, 0.717) is 5.41 Å². The van der Waals surface area contributed by atoms with E-state index in [-0.39, 0.29) is 0 Å². The first-order valence-corrected chi connectivity index (χ1v) is 8.72. The largest absolute Gasteiger partial charge is 0.0807 e. The van der Waals surface area contributed by atoms with Gasteiger partial charge in [-0.2, -0.15) is 0 Å². The maximum absolute atomic E-state index is 2.58. The lowest BCUT2D eigenvalue weighted by Gasteiger charge is -2.43. The summed E-state index contributed by atoms with van der Waals surface area (Å²) in [5.74, 6) is 0. The summed E-state index contributed by atoms with van der Waals surface area (Å²) in [6.07, 6.45) is 18.9. The minimum atomic E-state index is 0.565. The Bertz CT molecular complexity index is 304. The summed E-state index contributed by atoms with van der Waals surface area (Å²) in [6.45, 7) is 8.68. The van der Waals surface area contributed by atoms with Crippen LogP contribution in [0.2, 0.25) is 0 Å². The molecule has 0 nitrogen and oxygen atoms in total. The fraction of sp³-hybridized carbons (Fsp3) is 0.789. The maximum Gasteiger partial charge on any atom is -0.00475 e. The van der Waals surface area contributed by atoms with Crippen LogP contribution in [0.15, 0.2) is 23.3 Å². The predicted molar refractivity (Wildman–Crippen MR) is 87.5 cm³/mol. The fourth-order valence-electron chi connectivity index (χ4n) is 3.91. The van der Waals surface area contributed by atoms with Crippen LogP contribution in [0.5, 0.6) is 0 Å². The van der Waals surface area contributed by atoms with Crippen LogP contribution < -0.4 is 0 Å². The number of hydrogen-bond acceptors (Lipinski definition) is 0. The predicted octanol–water partition coefficient (Wildman–Crippen LogP) is 6.82. The van der Waals surface area contributed by atoms with Crippen LogP contribution in [-0.2, 0) is 0 Å². The van der Waals surface area contributed by atoms with Crippen molar-refractivity contribution in [2.75, 3.05) is 0 Å². The zero-order chi connectivity index (χ0) is 14.1. The first kappa shape index (κ1) is 16.5. The minimum Gasteiger partial charge on any atom is -0.0807 e. The van der Waals surface area contributed by atoms with Gasteiger partial charge in [-0.15, -0.1) is 0 Å². The highest BCUT2D eigenvalue weighted by Crippen LogP contribution is 2.51. The molecule has 0 saturated heterocycles. The van der Waals surface area contributed by atoms with Crippen LogP contribution in [0.25, 0.3) is 0 Å². The summed E-state index contributed by atoms with van der Waals surface area (Å²) >= 11 is 0. The Morgan fingerprint density at radius 2 is 1.74 bits per heavy atom. The van der Waals surface area contributed by atoms with Crippen molar-refractivity contribution < 1.29 is 0 Å². The van der Waals surface area contributed by atoms with Crippen molar-refractivity contribution in [3.63, 3.8) is 0 Å². The van der Waals surface area contributed by atoms with E-state index in [0.717, 1.165) is 0 Å². The maximum atomic E-state index is 2.58. The van der Waals surface area contributed by atoms with Crippen LogP contribution in [0.1, 0.15) is 91.9 Å². The summed E-state index contributed by atoms with van der Waals surface area (Å²) in [5, 5.41) is 0. The molecule has 1 unspecified atom stereocenters. The second-order valence-corrected chi connectivity index (χ2v) is 5.91. The van der Waals surface area contributed by atoms with Gasteiger partial charge in [-0.1, -0.05) is 59.1 Å². The number of hydrogen-bond donors (Lipinski definition) is 0. The van der Waals surface area contributed by atoms with Gasteiger partial charge in [0.15, 0.2) is 0 Å². The molecule has 0 aromatic rings. The molecule has 2 rings (SSSR count). The highest BCUT2D eigenvalue weighted by molar-refractivity contribution is 5.41. The normalized spacial score (nSPS) is 25.7. The van der Waals surface area contributed by atoms with Crippen molar-refractivity contribution in [2.24, 2.45) is 5.41 Å². The molecule has 110 valence electrons. The summed E-state index contributed by atoms with van der Waals surface area (Å²) in [7, 11) is 0. The summed E-state index contributed by atoms with van der Waals surface area (Å²) < 4.78 is 0. The van der Waals surface area contributed by atoms with Gasteiger partial charge in [0.1, 0.15) is 0 Å². The second kappa shape index (κ2) is 8.61. The third-order valence-corrected chi connectivity index (χ3v) is 4.66. The van der Waals surface area contributed by atoms with Crippen molar-refractivity contribution >= 4 is 0 Å². The average Bonchev–Trinajstić information content (AvgIpc) is 2.48. The molecule has 0 bridgehead atoms. The molecule has 0 aliphatic heterocycles. The Labute approximate surface area is 121 Å². The van der Waals surface area contributed by atoms with E-state index < -0.39 is 0 Å². The van der Waals surface area contributed by atoms with Crippen molar-refractivity contribution in [3.05, 3.63) is 23.3 Å². The zero-order valence-corrected chi connectivity index (χ0v) is 13.7. The van der Waals surface area contributed by atoms with Gasteiger partial charge in [0, 0.05) is 0 Å². The van der Waals surface area contributed by atoms with Crippen LogP contribution in [0.4, 0.5) is 0 Å². The van der Waals surface area contributed by atoms with Gasteiger partial charge in [-0.3, -0.25) is 0 Å². The number of unbranched alkanes of at least 4 members (excludes halogenated alkanes) is 1. The Kier molecular flexibility index (Phi) is 7.49. The number of allylic oxidation sites excluding steroid dienone is 4. The molecule has 0 radical (unpaired) electrons. The molecule has 0 heteroatoms. The summed E-state index contributed by atoms with van der Waals surface area (Å²) in [5.41, 5.74) is 4.05. The lowest BCUT2D eigenvalue weighted by molar-refractivity contribution is 0.243. The molecule has 1 atom stereocenters. The van der Waals surface area contributed by atoms with Crippen molar-refractivity contribution in [3.8, 4) is 0 Å². The molecular weight excluding hydrogens is 228 g/mol. The molecule has 0 N–H and O–H groups in total. The lowest BCUT2D eigenvalue weighted by atomic mass is 9.62. The van der Waals surface area contributed by atoms with E-state index in [2.05, 4.69) is 26.0 Å². The minimum absolute atomic E-state index is 0.565. The van der Waals surface area contributed by atoms with Gasteiger partial charge in [0.2, 0.25) is 0 Å². The van der Waals surface area contributed by atoms with Gasteiger partial charge >= 0.3 is 0 Å². The molecule has 0 aromatic carbocycles. The smallest absolute Gasteiger partial charge is 0.00475 e. The van der Waals surface area contributed by atoms with Gasteiger partial charge in [0.05, 0.1) is 0 Å². The summed E-state index contributed by atoms with van der Waals surface area (Å²) in [6, 6.07) is 0. The van der Waals surface area contributed by atoms with E-state index in [1.165, 1.54) is 64.2 Å². The van der Waals surface area contributed by atoms with Gasteiger partial charge in [0.25, 0.3) is 0 Å². The molecule has 1 fully saturated rings. The Morgan fingerprint density at radius 3 is 2.42 bits per heavy atom. The molecule has 0 amide bonds. The highest BCUT2D eigenvalue weighted by Gasteiger charge is 2.37. The standard InChI is InChI=1S/C17H28.C2H6/c1-3-5-13-17(12-4-2)14-8-10-15-9-6-7-11-16(15)17;1-2/h9,11H,3-8,10,12-14H2,1-2H3;1-2H3. The van der Waals surface area contributed by atoms with E-state index in [1.807, 2.05) is 13.8 Å². The van der Waals surface area contributed by atoms with Crippen LogP contribution in [0.3, 0.4) is 0 Å². The molecule has 0 heterocycles. The molecular formula is C19H34. The van der Waals surface area contributed by atoms with E-state index in [9.17, 15) is 0 Å². The first-order chi connectivity index (χ1) is 9.32. The van der Waals surface area contributed by atoms with Crippen LogP contribution >= 0.6 is 0 Å². The fourth-order valence-corrected chi connectivity index (χ4v) is 3.91. The average molecular weight is 262 g/mol. The third kappa shape index (κ3) is 3.97. The molecule has 2 aliphatic carbocycles. The second-order valence-electron chi connectivity index (χ2n) is 5.91. The topological polar surface area (TPSA) is 0 Å². The third-order valence-electron chi connectivity index (χ3n) is 4.66. The molecule has 0 spiro atoms. The lowest BCUT2D eigenvalue weighted by Crippen LogP contribution is -2.29. The van der Waals surface area contributed by atoms with E-state index in [1.54, 1.807) is 11.1 Å². The van der Waals surface area contributed by atoms with E-state index in [4.69, 9.17) is 0 Å². The van der Waals surface area contributed by atoms with Crippen LogP contribution in [-0.4, -0.2) is 0 Å². The summed E-state index contributed by atoms with van der Waals surface area (Å²) in [4.78, 5) is 0. The van der Waals surface area contributed by atoms with Crippen molar-refractivity contribution in [1.29, 1.82) is 0 Å². The quantitative estimate of drug-likeness (QED) is 0.510. The molecule has 2 aliphatic rings. The van der Waals surface area contributed by atoms with Gasteiger partial charge < -0.3 is 0 Å². The van der Waals surface area contributed by atoms with Crippen molar-refractivity contribution in [2.45, 2.75) is 91.9 Å². The Balaban J connectivity index is 0.000000861. The number of rotatable bonds is 5. The molecule has 1 saturated carbocycles. The SMILES string of the molecule is CC.CCCCC1(CCC)CCCC2=CCCC=C21. The highest BCUT2D eigenvalue weighted by atomic mass is 14.4. The Hall–Kier alpha value is -0.520. The van der Waals surface area contributed by atoms with E-state index >= 15 is 0 Å². The van der Waals surface area contributed by atoms with Crippen molar-refractivity contribution in [1.82, 2.24) is 0 Å². The Morgan fingerprint density at radius 1 is 1.00 bits per heavy atom.